The quantitative estimate of drug-likeness (QED) is 0.453. The Bertz CT molecular complexity index is 832. The molecule has 0 aliphatic carbocycles. The maximum atomic E-state index is 12.5. The van der Waals surface area contributed by atoms with Crippen molar-refractivity contribution in [1.82, 2.24) is 4.98 Å². The van der Waals surface area contributed by atoms with Gasteiger partial charge in [-0.15, -0.1) is 0 Å². The summed E-state index contributed by atoms with van der Waals surface area (Å²) < 4.78 is 0. The van der Waals surface area contributed by atoms with Crippen molar-refractivity contribution in [3.8, 4) is 0 Å². The van der Waals surface area contributed by atoms with E-state index >= 15 is 0 Å². The summed E-state index contributed by atoms with van der Waals surface area (Å²) in [4.78, 5) is 25.9. The largest absolute Gasteiger partial charge is 0.360 e. The summed E-state index contributed by atoms with van der Waals surface area (Å²) in [5.74, 6) is -0.115. The fraction of sp³-hybridized carbons (Fsp3) is 0.0714. The molecule has 6 heteroatoms. The number of aryl methyl sites for hydroxylation is 1. The van der Waals surface area contributed by atoms with Crippen LogP contribution in [0.25, 0.3) is 10.9 Å². The minimum absolute atomic E-state index is 0.0202. The lowest BCUT2D eigenvalue weighted by Gasteiger charge is -1.99. The molecule has 5 nitrogen and oxygen atoms in total. The maximum Gasteiger partial charge on any atom is 0.270 e. The predicted octanol–water partition coefficient (Wildman–Crippen LogP) is 3.68. The van der Waals surface area contributed by atoms with Gasteiger partial charge < -0.3 is 4.98 Å². The van der Waals surface area contributed by atoms with Crippen LogP contribution in [0.4, 0.5) is 5.69 Å². The third-order valence-corrected chi connectivity index (χ3v) is 4.08. The number of hydrogen-bond donors (Lipinski definition) is 1. The lowest BCUT2D eigenvalue weighted by Crippen LogP contribution is -2.00. The molecule has 0 unspecified atom stereocenters. The Morgan fingerprint density at radius 1 is 1.30 bits per heavy atom. The molecule has 0 radical (unpaired) electrons. The molecule has 2 heterocycles. The zero-order valence-electron chi connectivity index (χ0n) is 10.5. The van der Waals surface area contributed by atoms with Crippen molar-refractivity contribution in [3.05, 3.63) is 62.0 Å². The smallest absolute Gasteiger partial charge is 0.270 e. The van der Waals surface area contributed by atoms with Crippen LogP contribution in [0.15, 0.2) is 35.2 Å². The fourth-order valence-corrected chi connectivity index (χ4v) is 2.98. The van der Waals surface area contributed by atoms with Crippen molar-refractivity contribution in [2.75, 3.05) is 0 Å². The van der Waals surface area contributed by atoms with E-state index in [1.54, 1.807) is 17.6 Å². The zero-order chi connectivity index (χ0) is 14.3. The number of thiophene rings is 1. The molecular weight excluding hydrogens is 276 g/mol. The molecule has 0 aliphatic rings. The molecule has 0 spiro atoms. The fourth-order valence-electron chi connectivity index (χ4n) is 2.15. The van der Waals surface area contributed by atoms with Crippen molar-refractivity contribution in [1.29, 1.82) is 0 Å². The first-order chi connectivity index (χ1) is 9.58. The molecule has 0 saturated carbocycles. The third-order valence-electron chi connectivity index (χ3n) is 3.22. The molecule has 1 N–H and O–H groups in total. The molecular formula is C14H10N2O3S. The van der Waals surface area contributed by atoms with Crippen LogP contribution >= 0.6 is 11.3 Å². The van der Waals surface area contributed by atoms with Gasteiger partial charge >= 0.3 is 0 Å². The first kappa shape index (κ1) is 12.6. The molecule has 1 aromatic carbocycles. The third kappa shape index (κ3) is 1.90. The normalized spacial score (nSPS) is 10.8. The number of ketones is 1. The molecule has 0 bridgehead atoms. The van der Waals surface area contributed by atoms with Gasteiger partial charge in [0, 0.05) is 45.7 Å². The lowest BCUT2D eigenvalue weighted by molar-refractivity contribution is -0.384. The Kier molecular flexibility index (Phi) is 2.87. The van der Waals surface area contributed by atoms with Crippen molar-refractivity contribution >= 4 is 33.7 Å². The van der Waals surface area contributed by atoms with E-state index in [0.29, 0.717) is 22.0 Å². The minimum Gasteiger partial charge on any atom is -0.360 e. The van der Waals surface area contributed by atoms with E-state index in [2.05, 4.69) is 4.98 Å². The number of carbonyl (C=O) groups is 1. The second-order valence-corrected chi connectivity index (χ2v) is 5.23. The van der Waals surface area contributed by atoms with E-state index in [-0.39, 0.29) is 11.5 Å². The Labute approximate surface area is 118 Å². The van der Waals surface area contributed by atoms with Crippen LogP contribution in [-0.4, -0.2) is 15.7 Å². The van der Waals surface area contributed by atoms with Gasteiger partial charge in [-0.05, 0) is 23.9 Å². The standard InChI is InChI=1S/C14H10N2O3S/c1-8-6-20-7-12(8)14(17)11-5-15-13-3-2-9(16(18)19)4-10(11)13/h2-7,15H,1H3. The van der Waals surface area contributed by atoms with Gasteiger partial charge in [0.25, 0.3) is 5.69 Å². The number of H-pyrrole nitrogens is 1. The first-order valence-electron chi connectivity index (χ1n) is 5.91. The van der Waals surface area contributed by atoms with Crippen molar-refractivity contribution in [2.24, 2.45) is 0 Å². The van der Waals surface area contributed by atoms with E-state index < -0.39 is 4.92 Å². The Morgan fingerprint density at radius 3 is 2.75 bits per heavy atom. The Hall–Kier alpha value is -2.47. The number of benzene rings is 1. The average molecular weight is 286 g/mol. The summed E-state index contributed by atoms with van der Waals surface area (Å²) >= 11 is 1.47. The molecule has 20 heavy (non-hydrogen) atoms. The monoisotopic (exact) mass is 286 g/mol. The second-order valence-electron chi connectivity index (χ2n) is 4.49. The van der Waals surface area contributed by atoms with Gasteiger partial charge in [-0.3, -0.25) is 14.9 Å². The van der Waals surface area contributed by atoms with Crippen LogP contribution in [0, 0.1) is 17.0 Å². The predicted molar refractivity (Wildman–Crippen MR) is 77.4 cm³/mol. The SMILES string of the molecule is Cc1cscc1C(=O)c1c[nH]c2ccc([N+](=O)[O-])cc12. The van der Waals surface area contributed by atoms with Crippen LogP contribution in [0.2, 0.25) is 0 Å². The highest BCUT2D eigenvalue weighted by Crippen LogP contribution is 2.27. The summed E-state index contributed by atoms with van der Waals surface area (Å²) in [6.45, 7) is 1.88. The molecule has 0 saturated heterocycles. The van der Waals surface area contributed by atoms with Crippen LogP contribution in [0.5, 0.6) is 0 Å². The van der Waals surface area contributed by atoms with E-state index in [1.165, 1.54) is 23.5 Å². The summed E-state index contributed by atoms with van der Waals surface area (Å²) in [7, 11) is 0. The number of non-ortho nitro benzene ring substituents is 1. The highest BCUT2D eigenvalue weighted by Gasteiger charge is 2.18. The zero-order valence-corrected chi connectivity index (χ0v) is 11.4. The van der Waals surface area contributed by atoms with Crippen LogP contribution in [0.1, 0.15) is 21.5 Å². The molecule has 100 valence electrons. The summed E-state index contributed by atoms with van der Waals surface area (Å²) in [6.07, 6.45) is 1.60. The Morgan fingerprint density at radius 2 is 2.10 bits per heavy atom. The molecule has 3 rings (SSSR count). The highest BCUT2D eigenvalue weighted by atomic mass is 32.1. The van der Waals surface area contributed by atoms with E-state index in [9.17, 15) is 14.9 Å². The number of nitrogens with one attached hydrogen (secondary N) is 1. The van der Waals surface area contributed by atoms with Gasteiger partial charge in [-0.25, -0.2) is 0 Å². The topological polar surface area (TPSA) is 76.0 Å². The number of nitro groups is 1. The van der Waals surface area contributed by atoms with Crippen LogP contribution in [0.3, 0.4) is 0 Å². The number of fused-ring (bicyclic) bond motifs is 1. The van der Waals surface area contributed by atoms with Gasteiger partial charge in [-0.2, -0.15) is 11.3 Å². The summed E-state index contributed by atoms with van der Waals surface area (Å²) in [5.41, 5.74) is 2.72. The Balaban J connectivity index is 2.17. The number of hydrogen-bond acceptors (Lipinski definition) is 4. The molecule has 0 amide bonds. The number of aromatic nitrogens is 1. The summed E-state index contributed by atoms with van der Waals surface area (Å²) in [5, 5.41) is 15.1. The van der Waals surface area contributed by atoms with Gasteiger partial charge in [0.15, 0.2) is 5.78 Å². The van der Waals surface area contributed by atoms with Gasteiger partial charge in [0.05, 0.1) is 4.92 Å². The average Bonchev–Trinajstić information content (AvgIpc) is 3.03. The van der Waals surface area contributed by atoms with Gasteiger partial charge in [0.1, 0.15) is 0 Å². The lowest BCUT2D eigenvalue weighted by atomic mass is 10.0. The van der Waals surface area contributed by atoms with E-state index in [1.807, 2.05) is 12.3 Å². The maximum absolute atomic E-state index is 12.5. The highest BCUT2D eigenvalue weighted by molar-refractivity contribution is 7.08. The van der Waals surface area contributed by atoms with Crippen molar-refractivity contribution in [3.63, 3.8) is 0 Å². The number of nitro benzene ring substituents is 1. The van der Waals surface area contributed by atoms with Crippen LogP contribution < -0.4 is 0 Å². The molecule has 2 aromatic heterocycles. The number of rotatable bonds is 3. The minimum atomic E-state index is -0.462. The van der Waals surface area contributed by atoms with E-state index in [4.69, 9.17) is 0 Å². The van der Waals surface area contributed by atoms with Gasteiger partial charge in [0.2, 0.25) is 0 Å². The van der Waals surface area contributed by atoms with Crippen LogP contribution in [-0.2, 0) is 0 Å². The number of nitrogens with zero attached hydrogens (tertiary/aromatic N) is 1. The molecule has 0 fully saturated rings. The van der Waals surface area contributed by atoms with Crippen molar-refractivity contribution in [2.45, 2.75) is 6.92 Å². The molecule has 3 aromatic rings. The second kappa shape index (κ2) is 4.57. The molecule has 0 atom stereocenters. The first-order valence-corrected chi connectivity index (χ1v) is 6.85. The van der Waals surface area contributed by atoms with E-state index in [0.717, 1.165) is 5.56 Å². The molecule has 0 aliphatic heterocycles. The summed E-state index contributed by atoms with van der Waals surface area (Å²) in [6, 6.07) is 4.47. The number of carbonyl (C=O) groups excluding carboxylic acids is 1. The van der Waals surface area contributed by atoms with Crippen molar-refractivity contribution < 1.29 is 9.72 Å². The number of aromatic amines is 1. The van der Waals surface area contributed by atoms with Gasteiger partial charge in [-0.1, -0.05) is 0 Å².